The number of carbonyl (C=O) groups is 1. The lowest BCUT2D eigenvalue weighted by atomic mass is 9.82. The second kappa shape index (κ2) is 11.0. The minimum atomic E-state index is -0.279. The molecule has 3 aromatic carbocycles. The van der Waals surface area contributed by atoms with Gasteiger partial charge in [-0.1, -0.05) is 42.5 Å². The maximum Gasteiger partial charge on any atom is 0.346 e. The highest BCUT2D eigenvalue weighted by molar-refractivity contribution is 6.03. The van der Waals surface area contributed by atoms with Gasteiger partial charge in [-0.15, -0.1) is 0 Å². The number of aromatic nitrogens is 1. The first kappa shape index (κ1) is 25.2. The molecular weight excluding hydrogens is 510 g/mol. The Morgan fingerprint density at radius 1 is 0.927 bits per heavy atom. The van der Waals surface area contributed by atoms with Crippen LogP contribution in [0, 0.1) is 0 Å². The molecular formula is C33H30N7O. The molecule has 1 fully saturated rings. The normalized spacial score (nSPS) is 19.5. The van der Waals surface area contributed by atoms with Gasteiger partial charge in [0.1, 0.15) is 13.0 Å². The van der Waals surface area contributed by atoms with E-state index in [1.807, 2.05) is 30.9 Å². The number of nitrogens with zero attached hydrogens (tertiary/aromatic N) is 5. The smallest absolute Gasteiger partial charge is 0.314 e. The third-order valence-electron chi connectivity index (χ3n) is 8.12. The summed E-state index contributed by atoms with van der Waals surface area (Å²) in [6.45, 7) is 1.43. The number of hydrogen-bond donors (Lipinski definition) is 2. The van der Waals surface area contributed by atoms with E-state index in [9.17, 15) is 4.79 Å². The number of pyridine rings is 1. The van der Waals surface area contributed by atoms with E-state index < -0.39 is 0 Å². The molecule has 2 unspecified atom stereocenters. The highest BCUT2D eigenvalue weighted by Crippen LogP contribution is 2.42. The van der Waals surface area contributed by atoms with Crippen LogP contribution >= 0.6 is 0 Å². The lowest BCUT2D eigenvalue weighted by Gasteiger charge is -2.32. The van der Waals surface area contributed by atoms with Gasteiger partial charge in [-0.3, -0.25) is 9.98 Å². The van der Waals surface area contributed by atoms with Gasteiger partial charge in [-0.05, 0) is 89.9 Å². The van der Waals surface area contributed by atoms with E-state index in [2.05, 4.69) is 96.5 Å². The zero-order valence-electron chi connectivity index (χ0n) is 22.6. The molecule has 0 saturated carbocycles. The van der Waals surface area contributed by atoms with Crippen molar-refractivity contribution < 1.29 is 4.79 Å². The number of piperidine rings is 1. The number of rotatable bonds is 6. The molecule has 8 nitrogen and oxygen atoms in total. The largest absolute Gasteiger partial charge is 0.346 e. The van der Waals surface area contributed by atoms with Crippen molar-refractivity contribution in [1.29, 1.82) is 0 Å². The molecule has 8 heteroatoms. The van der Waals surface area contributed by atoms with Gasteiger partial charge in [0, 0.05) is 24.0 Å². The van der Waals surface area contributed by atoms with Gasteiger partial charge in [0.15, 0.2) is 0 Å². The second-order valence-corrected chi connectivity index (χ2v) is 10.7. The van der Waals surface area contributed by atoms with Crippen LogP contribution in [0.1, 0.15) is 29.9 Å². The summed E-state index contributed by atoms with van der Waals surface area (Å²) in [5.74, 6) is 0.328. The molecule has 4 heterocycles. The fraction of sp³-hybridized carbons (Fsp3) is 0.212. The molecule has 3 aliphatic rings. The topological polar surface area (TPSA) is 96.1 Å². The molecule has 41 heavy (non-hydrogen) atoms. The summed E-state index contributed by atoms with van der Waals surface area (Å²) in [7, 11) is 0. The minimum absolute atomic E-state index is 0.273. The van der Waals surface area contributed by atoms with Crippen LogP contribution in [-0.2, 0) is 6.42 Å². The van der Waals surface area contributed by atoms with Crippen molar-refractivity contribution in [2.75, 3.05) is 23.4 Å². The van der Waals surface area contributed by atoms with Gasteiger partial charge in [0.05, 0.1) is 23.4 Å². The molecule has 7 rings (SSSR count). The van der Waals surface area contributed by atoms with E-state index >= 15 is 0 Å². The van der Waals surface area contributed by atoms with Crippen molar-refractivity contribution in [1.82, 2.24) is 15.6 Å². The standard InChI is InChI=1S/C33H30N7O/c41-33-38-30-8-4-7-27(32(30)39-33)24-11-14-37-26(15-24)16-25-17-29(23-9-12-34-13-10-23)31(40-20-35-19-36-21-40)18-28(25)22-5-2-1-3-6-22/h1-10,12-13,17-20,24,26,37H,11,14-16,21H2,(H,38,41). The van der Waals surface area contributed by atoms with Crippen LogP contribution in [-0.4, -0.2) is 42.9 Å². The first-order valence-corrected chi connectivity index (χ1v) is 14.0. The van der Waals surface area contributed by atoms with Crippen LogP contribution in [0.2, 0.25) is 0 Å². The third kappa shape index (κ3) is 5.10. The van der Waals surface area contributed by atoms with E-state index in [-0.39, 0.29) is 12.1 Å². The quantitative estimate of drug-likeness (QED) is 0.308. The summed E-state index contributed by atoms with van der Waals surface area (Å²) in [5.41, 5.74) is 9.74. The summed E-state index contributed by atoms with van der Waals surface area (Å²) in [6, 6.07) is 25.4. The maximum absolute atomic E-state index is 12.0. The summed E-state index contributed by atoms with van der Waals surface area (Å²) < 4.78 is 0. The summed E-state index contributed by atoms with van der Waals surface area (Å²) in [6.07, 6.45) is 9.96. The molecule has 2 amide bonds. The first-order chi connectivity index (χ1) is 20.2. The number of para-hydroxylation sites is 1. The first-order valence-electron chi connectivity index (χ1n) is 14.0. The number of amides is 2. The molecule has 0 bridgehead atoms. The molecule has 1 saturated heterocycles. The Bertz CT molecular complexity index is 1630. The SMILES string of the molecule is O=C1[N]c2c(cccc2C2CCNC(Cc3cc(-c4ccncc4)c(N4C=NC=NC4)cc3-c3ccccc3)C2)N1. The number of fused-ring (bicyclic) bond motifs is 1. The Balaban J connectivity index is 1.27. The third-order valence-corrected chi connectivity index (χ3v) is 8.12. The number of carbonyl (C=O) groups excluding carboxylic acids is 1. The lowest BCUT2D eigenvalue weighted by molar-refractivity contribution is 0.256. The highest BCUT2D eigenvalue weighted by Gasteiger charge is 2.30. The maximum atomic E-state index is 12.0. The molecule has 1 aromatic heterocycles. The van der Waals surface area contributed by atoms with E-state index in [0.717, 1.165) is 59.6 Å². The summed E-state index contributed by atoms with van der Waals surface area (Å²) in [4.78, 5) is 27.0. The van der Waals surface area contributed by atoms with Crippen molar-refractivity contribution in [2.45, 2.75) is 31.2 Å². The van der Waals surface area contributed by atoms with Gasteiger partial charge in [-0.2, -0.15) is 5.32 Å². The molecule has 2 atom stereocenters. The fourth-order valence-electron chi connectivity index (χ4n) is 6.22. The van der Waals surface area contributed by atoms with Crippen molar-refractivity contribution in [3.05, 3.63) is 96.3 Å². The Morgan fingerprint density at radius 3 is 2.61 bits per heavy atom. The molecule has 3 aliphatic heterocycles. The Hall–Kier alpha value is -4.82. The van der Waals surface area contributed by atoms with E-state index in [1.54, 1.807) is 6.34 Å². The molecule has 203 valence electrons. The fourth-order valence-corrected chi connectivity index (χ4v) is 6.22. The number of hydrogen-bond acceptors (Lipinski definition) is 6. The summed E-state index contributed by atoms with van der Waals surface area (Å²) >= 11 is 0. The van der Waals surface area contributed by atoms with E-state index in [4.69, 9.17) is 0 Å². The number of nitrogens with one attached hydrogen (secondary N) is 2. The second-order valence-electron chi connectivity index (χ2n) is 10.7. The average Bonchev–Trinajstić information content (AvgIpc) is 3.42. The van der Waals surface area contributed by atoms with Crippen LogP contribution in [0.5, 0.6) is 0 Å². The monoisotopic (exact) mass is 540 g/mol. The van der Waals surface area contributed by atoms with Crippen LogP contribution in [0.3, 0.4) is 0 Å². The Kier molecular flexibility index (Phi) is 6.74. The van der Waals surface area contributed by atoms with E-state index in [0.29, 0.717) is 12.6 Å². The average molecular weight is 541 g/mol. The zero-order valence-corrected chi connectivity index (χ0v) is 22.6. The van der Waals surface area contributed by atoms with Crippen molar-refractivity contribution in [3.63, 3.8) is 0 Å². The number of aliphatic imine (C=N–C) groups is 2. The van der Waals surface area contributed by atoms with Crippen molar-refractivity contribution in [3.8, 4) is 22.3 Å². The molecule has 1 radical (unpaired) electrons. The number of anilines is 2. The lowest BCUT2D eigenvalue weighted by Crippen LogP contribution is -2.39. The number of benzene rings is 3. The van der Waals surface area contributed by atoms with Crippen molar-refractivity contribution >= 4 is 35.8 Å². The van der Waals surface area contributed by atoms with Gasteiger partial charge >= 0.3 is 6.03 Å². The van der Waals surface area contributed by atoms with Gasteiger partial charge < -0.3 is 15.5 Å². The van der Waals surface area contributed by atoms with E-state index in [1.165, 1.54) is 16.7 Å². The van der Waals surface area contributed by atoms with Crippen molar-refractivity contribution in [2.24, 2.45) is 9.98 Å². The van der Waals surface area contributed by atoms with Crippen LogP contribution < -0.4 is 20.9 Å². The van der Waals surface area contributed by atoms with Crippen LogP contribution in [0.15, 0.2) is 95.2 Å². The number of urea groups is 1. The van der Waals surface area contributed by atoms with Crippen LogP contribution in [0.4, 0.5) is 21.9 Å². The zero-order chi connectivity index (χ0) is 27.6. The van der Waals surface area contributed by atoms with Gasteiger partial charge in [-0.25, -0.2) is 9.79 Å². The Labute approximate surface area is 239 Å². The molecule has 0 aliphatic carbocycles. The van der Waals surface area contributed by atoms with Gasteiger partial charge in [0.2, 0.25) is 0 Å². The van der Waals surface area contributed by atoms with Gasteiger partial charge in [0.25, 0.3) is 0 Å². The van der Waals surface area contributed by atoms with Crippen LogP contribution in [0.25, 0.3) is 22.3 Å². The highest BCUT2D eigenvalue weighted by atomic mass is 16.2. The minimum Gasteiger partial charge on any atom is -0.314 e. The summed E-state index contributed by atoms with van der Waals surface area (Å²) in [5, 5.41) is 10.9. The predicted molar refractivity (Wildman–Crippen MR) is 164 cm³/mol. The predicted octanol–water partition coefficient (Wildman–Crippen LogP) is 6.11. The Morgan fingerprint density at radius 2 is 1.78 bits per heavy atom. The molecule has 4 aromatic rings. The molecule has 2 N–H and O–H groups in total. The molecule has 0 spiro atoms.